The van der Waals surface area contributed by atoms with E-state index in [1.807, 2.05) is 0 Å². The molecule has 0 saturated carbocycles. The van der Waals surface area contributed by atoms with Crippen LogP contribution in [0.1, 0.15) is 36.0 Å². The van der Waals surface area contributed by atoms with Gasteiger partial charge in [0.1, 0.15) is 5.75 Å². The van der Waals surface area contributed by atoms with E-state index < -0.39 is 28.4 Å². The van der Waals surface area contributed by atoms with E-state index in [0.717, 1.165) is 24.9 Å². The summed E-state index contributed by atoms with van der Waals surface area (Å²) in [7, 11) is -3.73. The van der Waals surface area contributed by atoms with Gasteiger partial charge in [0.05, 0.1) is 10.5 Å². The largest absolute Gasteiger partial charge is 0.483 e. The van der Waals surface area contributed by atoms with Crippen molar-refractivity contribution in [3.05, 3.63) is 48.0 Å². The Morgan fingerprint density at radius 2 is 1.71 bits per heavy atom. The lowest BCUT2D eigenvalue weighted by molar-refractivity contribution is -0.118. The van der Waals surface area contributed by atoms with Crippen LogP contribution in [0.2, 0.25) is 0 Å². The average Bonchev–Trinajstić information content (AvgIpc) is 3.50. The molecule has 0 radical (unpaired) electrons. The minimum Gasteiger partial charge on any atom is -0.483 e. The quantitative estimate of drug-likeness (QED) is 0.582. The van der Waals surface area contributed by atoms with Crippen LogP contribution in [-0.4, -0.2) is 56.7 Å². The van der Waals surface area contributed by atoms with Gasteiger partial charge in [-0.25, -0.2) is 8.42 Å². The van der Waals surface area contributed by atoms with Crippen molar-refractivity contribution >= 4 is 39.1 Å². The Hall–Kier alpha value is -3.44. The molecule has 2 saturated heterocycles. The Morgan fingerprint density at radius 3 is 2.32 bits per heavy atom. The lowest BCUT2D eigenvalue weighted by Gasteiger charge is -2.17. The second-order valence-electron chi connectivity index (χ2n) is 8.17. The summed E-state index contributed by atoms with van der Waals surface area (Å²) in [6, 6.07) is 10.7. The van der Waals surface area contributed by atoms with Gasteiger partial charge in [0.15, 0.2) is 6.61 Å². The normalized spacial score (nSPS) is 16.6. The molecular weight excluding hydrogens is 460 g/mol. The number of nitrogens with two attached hydrogens (primary N) is 1. The summed E-state index contributed by atoms with van der Waals surface area (Å²) in [5.74, 6) is -1.24. The predicted molar refractivity (Wildman–Crippen MR) is 125 cm³/mol. The van der Waals surface area contributed by atoms with Crippen LogP contribution in [0, 0.1) is 0 Å². The zero-order chi connectivity index (χ0) is 24.3. The fourth-order valence-electron chi connectivity index (χ4n) is 4.05. The average molecular weight is 487 g/mol. The number of nitrogens with zero attached hydrogens (tertiary/aromatic N) is 2. The van der Waals surface area contributed by atoms with E-state index in [1.165, 1.54) is 22.5 Å². The second-order valence-corrected chi connectivity index (χ2v) is 10.1. The zero-order valence-corrected chi connectivity index (χ0v) is 19.3. The molecule has 0 aromatic heterocycles. The molecule has 2 aliphatic rings. The third-order valence-corrected chi connectivity index (χ3v) is 7.71. The number of carbonyl (C=O) groups is 3. The molecule has 0 spiro atoms. The highest BCUT2D eigenvalue weighted by Gasteiger charge is 2.28. The fourth-order valence-corrected chi connectivity index (χ4v) is 5.60. The minimum absolute atomic E-state index is 0.0194. The summed E-state index contributed by atoms with van der Waals surface area (Å²) in [6.07, 6.45) is 2.94. The number of hydrogen-bond donors (Lipinski definition) is 2. The first-order valence-corrected chi connectivity index (χ1v) is 12.5. The highest BCUT2D eigenvalue weighted by atomic mass is 32.2. The van der Waals surface area contributed by atoms with Crippen molar-refractivity contribution in [1.29, 1.82) is 0 Å². The first-order chi connectivity index (χ1) is 16.3. The van der Waals surface area contributed by atoms with Crippen LogP contribution in [0.5, 0.6) is 5.75 Å². The summed E-state index contributed by atoms with van der Waals surface area (Å²) < 4.78 is 32.4. The van der Waals surface area contributed by atoms with Gasteiger partial charge in [0, 0.05) is 37.4 Å². The number of ether oxygens (including phenoxy) is 1. The van der Waals surface area contributed by atoms with E-state index in [0.29, 0.717) is 31.7 Å². The maximum Gasteiger partial charge on any atom is 0.262 e. The SMILES string of the molecule is NC(=O)c1cc(S(=O)(=O)N2CCCC2)ccc1OCC(=O)Nc1ccc(N2CCCC2=O)cc1. The number of benzene rings is 2. The molecule has 34 heavy (non-hydrogen) atoms. The van der Waals surface area contributed by atoms with Crippen molar-refractivity contribution in [2.75, 3.05) is 36.5 Å². The standard InChI is InChI=1S/C23H26N4O6S/c24-23(30)19-14-18(34(31,32)26-11-1-2-12-26)9-10-20(19)33-15-21(28)25-16-5-7-17(8-6-16)27-13-3-4-22(27)29/h5-10,14H,1-4,11-13,15H2,(H2,24,30)(H,25,28). The molecule has 3 N–H and O–H groups in total. The Kier molecular flexibility index (Phi) is 6.85. The van der Waals surface area contributed by atoms with Crippen LogP contribution in [0.25, 0.3) is 0 Å². The molecule has 180 valence electrons. The number of amides is 3. The zero-order valence-electron chi connectivity index (χ0n) is 18.5. The molecule has 11 heteroatoms. The number of sulfonamides is 1. The van der Waals surface area contributed by atoms with Gasteiger partial charge in [-0.3, -0.25) is 14.4 Å². The van der Waals surface area contributed by atoms with E-state index in [1.54, 1.807) is 29.2 Å². The molecule has 2 aromatic carbocycles. The molecule has 10 nitrogen and oxygen atoms in total. The van der Waals surface area contributed by atoms with Gasteiger partial charge in [0.25, 0.3) is 11.8 Å². The van der Waals surface area contributed by atoms with Gasteiger partial charge >= 0.3 is 0 Å². The maximum absolute atomic E-state index is 12.8. The predicted octanol–water partition coefficient (Wildman–Crippen LogP) is 1.71. The van der Waals surface area contributed by atoms with Crippen molar-refractivity contribution in [1.82, 2.24) is 4.31 Å². The lowest BCUT2D eigenvalue weighted by Crippen LogP contribution is -2.28. The van der Waals surface area contributed by atoms with E-state index in [2.05, 4.69) is 5.32 Å². The molecule has 2 aliphatic heterocycles. The van der Waals surface area contributed by atoms with E-state index >= 15 is 0 Å². The number of anilines is 2. The second kappa shape index (κ2) is 9.82. The first kappa shape index (κ1) is 23.7. The molecule has 2 fully saturated rings. The summed E-state index contributed by atoms with van der Waals surface area (Å²) in [5.41, 5.74) is 6.60. The van der Waals surface area contributed by atoms with Crippen LogP contribution in [0.3, 0.4) is 0 Å². The van der Waals surface area contributed by atoms with E-state index in [-0.39, 0.29) is 22.1 Å². The van der Waals surface area contributed by atoms with E-state index in [4.69, 9.17) is 10.5 Å². The third kappa shape index (κ3) is 5.05. The summed E-state index contributed by atoms with van der Waals surface area (Å²) in [4.78, 5) is 37.8. The smallest absolute Gasteiger partial charge is 0.262 e. The molecule has 0 unspecified atom stereocenters. The Bertz CT molecular complexity index is 1210. The molecule has 0 aliphatic carbocycles. The number of carbonyl (C=O) groups excluding carboxylic acids is 3. The fraction of sp³-hybridized carbons (Fsp3) is 0.348. The monoisotopic (exact) mass is 486 g/mol. The van der Waals surface area contributed by atoms with Gasteiger partial charge in [0.2, 0.25) is 15.9 Å². The number of nitrogens with one attached hydrogen (secondary N) is 1. The topological polar surface area (TPSA) is 139 Å². The summed E-state index contributed by atoms with van der Waals surface area (Å²) in [6.45, 7) is 1.13. The van der Waals surface area contributed by atoms with Gasteiger partial charge in [-0.2, -0.15) is 4.31 Å². The van der Waals surface area contributed by atoms with Crippen LogP contribution in [0.4, 0.5) is 11.4 Å². The van der Waals surface area contributed by atoms with Gasteiger partial charge in [-0.15, -0.1) is 0 Å². The number of rotatable bonds is 8. The highest BCUT2D eigenvalue weighted by Crippen LogP contribution is 2.27. The Labute approximate surface area is 197 Å². The van der Waals surface area contributed by atoms with Crippen LogP contribution in [-0.2, 0) is 19.6 Å². The molecule has 4 rings (SSSR count). The lowest BCUT2D eigenvalue weighted by atomic mass is 10.2. The molecule has 2 aromatic rings. The number of primary amides is 1. The molecule has 2 heterocycles. The Balaban J connectivity index is 1.40. The van der Waals surface area contributed by atoms with Crippen molar-refractivity contribution in [3.8, 4) is 5.75 Å². The van der Waals surface area contributed by atoms with Crippen LogP contribution in [0.15, 0.2) is 47.4 Å². The summed E-state index contributed by atoms with van der Waals surface area (Å²) >= 11 is 0. The van der Waals surface area contributed by atoms with Crippen molar-refractivity contribution < 1.29 is 27.5 Å². The van der Waals surface area contributed by atoms with Crippen molar-refractivity contribution in [2.45, 2.75) is 30.6 Å². The Morgan fingerprint density at radius 1 is 1.00 bits per heavy atom. The number of hydrogen-bond acceptors (Lipinski definition) is 6. The van der Waals surface area contributed by atoms with Gasteiger partial charge < -0.3 is 20.7 Å². The van der Waals surface area contributed by atoms with Gasteiger partial charge in [-0.1, -0.05) is 0 Å². The van der Waals surface area contributed by atoms with Crippen LogP contribution < -0.4 is 20.7 Å². The van der Waals surface area contributed by atoms with Crippen molar-refractivity contribution in [3.63, 3.8) is 0 Å². The van der Waals surface area contributed by atoms with Crippen molar-refractivity contribution in [2.24, 2.45) is 5.73 Å². The summed E-state index contributed by atoms with van der Waals surface area (Å²) in [5, 5.41) is 2.68. The first-order valence-electron chi connectivity index (χ1n) is 11.0. The third-order valence-electron chi connectivity index (χ3n) is 5.81. The maximum atomic E-state index is 12.8. The molecule has 0 atom stereocenters. The van der Waals surface area contributed by atoms with Crippen LogP contribution >= 0.6 is 0 Å². The minimum atomic E-state index is -3.73. The molecule has 0 bridgehead atoms. The molecule has 3 amide bonds. The van der Waals surface area contributed by atoms with E-state index in [9.17, 15) is 22.8 Å². The van der Waals surface area contributed by atoms with Gasteiger partial charge in [-0.05, 0) is 61.7 Å². The highest BCUT2D eigenvalue weighted by molar-refractivity contribution is 7.89. The molecular formula is C23H26N4O6S.